The number of rotatable bonds is 7. The molecule has 0 saturated carbocycles. The highest BCUT2D eigenvalue weighted by Crippen LogP contribution is 2.32. The maximum Gasteiger partial charge on any atom is 0.269 e. The van der Waals surface area contributed by atoms with Gasteiger partial charge in [0, 0.05) is 55.1 Å². The molecule has 1 N–H and O–H groups in total. The number of likely N-dealkylation sites (tertiary alicyclic amines) is 1. The molecule has 0 spiro atoms. The molecule has 2 amide bonds. The molecule has 0 radical (unpaired) electrons. The maximum absolute atomic E-state index is 14.7. The van der Waals surface area contributed by atoms with E-state index in [9.17, 15) is 14.0 Å². The number of hydrogen-bond acceptors (Lipinski definition) is 4. The van der Waals surface area contributed by atoms with Crippen LogP contribution in [0.2, 0.25) is 0 Å². The van der Waals surface area contributed by atoms with E-state index in [1.165, 1.54) is 6.07 Å². The fourth-order valence-electron chi connectivity index (χ4n) is 4.48. The fraction of sp³-hybridized carbons (Fsp3) is 0.259. The molecular formula is C27H26FN5O2. The summed E-state index contributed by atoms with van der Waals surface area (Å²) in [5, 5.41) is 2.93. The van der Waals surface area contributed by atoms with Crippen LogP contribution in [0.3, 0.4) is 0 Å². The van der Waals surface area contributed by atoms with Gasteiger partial charge in [0.1, 0.15) is 17.2 Å². The van der Waals surface area contributed by atoms with Gasteiger partial charge in [-0.25, -0.2) is 9.37 Å². The van der Waals surface area contributed by atoms with Gasteiger partial charge in [-0.1, -0.05) is 17.7 Å². The van der Waals surface area contributed by atoms with E-state index in [1.807, 2.05) is 42.3 Å². The van der Waals surface area contributed by atoms with E-state index in [4.69, 9.17) is 0 Å². The van der Waals surface area contributed by atoms with Gasteiger partial charge in [0.25, 0.3) is 5.91 Å². The van der Waals surface area contributed by atoms with E-state index in [0.29, 0.717) is 48.5 Å². The summed E-state index contributed by atoms with van der Waals surface area (Å²) >= 11 is 0. The Bertz CT molecular complexity index is 1410. The van der Waals surface area contributed by atoms with Gasteiger partial charge in [-0.05, 0) is 50.1 Å². The van der Waals surface area contributed by atoms with Crippen LogP contribution in [0.25, 0.3) is 28.0 Å². The first-order valence-electron chi connectivity index (χ1n) is 11.8. The number of imidazole rings is 1. The molecule has 4 heterocycles. The third-order valence-corrected chi connectivity index (χ3v) is 6.30. The molecule has 0 unspecified atom stereocenters. The van der Waals surface area contributed by atoms with Crippen LogP contribution >= 0.6 is 0 Å². The summed E-state index contributed by atoms with van der Waals surface area (Å²) < 4.78 is 16.4. The van der Waals surface area contributed by atoms with Crippen molar-refractivity contribution in [2.75, 3.05) is 19.6 Å². The number of aryl methyl sites for hydroxylation is 1. The van der Waals surface area contributed by atoms with E-state index in [1.54, 1.807) is 28.9 Å². The van der Waals surface area contributed by atoms with Crippen molar-refractivity contribution in [3.05, 3.63) is 78.1 Å². The zero-order chi connectivity index (χ0) is 24.4. The van der Waals surface area contributed by atoms with Crippen LogP contribution in [0.15, 0.2) is 61.1 Å². The van der Waals surface area contributed by atoms with Crippen molar-refractivity contribution in [1.29, 1.82) is 0 Å². The number of hydrogen-bond donors (Lipinski definition) is 1. The lowest BCUT2D eigenvalue weighted by Gasteiger charge is -2.15. The summed E-state index contributed by atoms with van der Waals surface area (Å²) in [7, 11) is 0. The molecule has 1 aromatic carbocycles. The van der Waals surface area contributed by atoms with E-state index < -0.39 is 0 Å². The summed E-state index contributed by atoms with van der Waals surface area (Å²) in [4.78, 5) is 35.3. The summed E-state index contributed by atoms with van der Waals surface area (Å²) in [5.41, 5.74) is 4.50. The van der Waals surface area contributed by atoms with Crippen molar-refractivity contribution in [3.8, 4) is 22.4 Å². The number of halogens is 1. The van der Waals surface area contributed by atoms with Crippen LogP contribution in [0.4, 0.5) is 4.39 Å². The number of carbonyl (C=O) groups excluding carboxylic acids is 2. The predicted molar refractivity (Wildman–Crippen MR) is 131 cm³/mol. The molecule has 7 nitrogen and oxygen atoms in total. The van der Waals surface area contributed by atoms with Gasteiger partial charge < -0.3 is 10.2 Å². The van der Waals surface area contributed by atoms with Crippen molar-refractivity contribution in [2.24, 2.45) is 0 Å². The largest absolute Gasteiger partial charge is 0.351 e. The van der Waals surface area contributed by atoms with Crippen LogP contribution in [0.1, 0.15) is 35.3 Å². The molecule has 4 aromatic rings. The molecule has 0 bridgehead atoms. The highest BCUT2D eigenvalue weighted by molar-refractivity contribution is 5.93. The quantitative estimate of drug-likeness (QED) is 0.409. The maximum atomic E-state index is 14.7. The summed E-state index contributed by atoms with van der Waals surface area (Å²) in [5.74, 6) is -0.389. The van der Waals surface area contributed by atoms with Gasteiger partial charge in [0.15, 0.2) is 0 Å². The average Bonchev–Trinajstić information content (AvgIpc) is 3.48. The van der Waals surface area contributed by atoms with E-state index in [2.05, 4.69) is 15.3 Å². The molecular weight excluding hydrogens is 445 g/mol. The third-order valence-electron chi connectivity index (χ3n) is 6.30. The van der Waals surface area contributed by atoms with Gasteiger partial charge in [0.2, 0.25) is 5.91 Å². The number of benzene rings is 1. The van der Waals surface area contributed by atoms with Gasteiger partial charge in [-0.2, -0.15) is 0 Å². The van der Waals surface area contributed by atoms with Crippen LogP contribution in [0, 0.1) is 12.7 Å². The minimum atomic E-state index is -0.338. The fourth-order valence-corrected chi connectivity index (χ4v) is 4.48. The van der Waals surface area contributed by atoms with Gasteiger partial charge in [-0.15, -0.1) is 0 Å². The van der Waals surface area contributed by atoms with Crippen molar-refractivity contribution < 1.29 is 14.0 Å². The lowest BCUT2D eigenvalue weighted by Crippen LogP contribution is -2.31. The minimum absolute atomic E-state index is 0.186. The zero-order valence-electron chi connectivity index (χ0n) is 19.5. The Labute approximate surface area is 202 Å². The summed E-state index contributed by atoms with van der Waals surface area (Å²) in [6.07, 6.45) is 7.23. The second-order valence-electron chi connectivity index (χ2n) is 8.77. The highest BCUT2D eigenvalue weighted by atomic mass is 19.1. The number of nitrogens with zero attached hydrogens (tertiary/aromatic N) is 4. The van der Waals surface area contributed by atoms with Crippen LogP contribution < -0.4 is 5.32 Å². The van der Waals surface area contributed by atoms with Gasteiger partial charge in [0.05, 0.1) is 11.9 Å². The summed E-state index contributed by atoms with van der Waals surface area (Å²) in [6, 6.07) is 12.4. The SMILES string of the molecule is Cc1ccc(F)c(-c2ncccc2-c2ccc3ncc(C(=O)NCCCN4CCCC4=O)n3c2)c1. The molecule has 8 heteroatoms. The molecule has 1 aliphatic rings. The Balaban J connectivity index is 1.39. The molecule has 1 saturated heterocycles. The van der Waals surface area contributed by atoms with Crippen molar-refractivity contribution in [1.82, 2.24) is 24.6 Å². The Kier molecular flexibility index (Phi) is 6.27. The smallest absolute Gasteiger partial charge is 0.269 e. The van der Waals surface area contributed by atoms with Crippen LogP contribution in [0.5, 0.6) is 0 Å². The highest BCUT2D eigenvalue weighted by Gasteiger charge is 2.20. The number of carbonyl (C=O) groups is 2. The third kappa shape index (κ3) is 4.64. The Morgan fingerprint density at radius 1 is 1.14 bits per heavy atom. The lowest BCUT2D eigenvalue weighted by molar-refractivity contribution is -0.127. The van der Waals surface area contributed by atoms with Crippen LogP contribution in [-0.4, -0.2) is 50.7 Å². The molecule has 0 atom stereocenters. The number of amides is 2. The number of pyridine rings is 2. The van der Waals surface area contributed by atoms with Gasteiger partial charge in [-0.3, -0.25) is 19.0 Å². The zero-order valence-corrected chi connectivity index (χ0v) is 19.5. The first-order valence-corrected chi connectivity index (χ1v) is 11.8. The molecule has 3 aromatic heterocycles. The summed E-state index contributed by atoms with van der Waals surface area (Å²) in [6.45, 7) is 3.83. The number of fused-ring (bicyclic) bond motifs is 1. The Hall–Kier alpha value is -4.07. The molecule has 178 valence electrons. The van der Waals surface area contributed by atoms with Crippen molar-refractivity contribution >= 4 is 17.5 Å². The Morgan fingerprint density at radius 3 is 2.86 bits per heavy atom. The minimum Gasteiger partial charge on any atom is -0.351 e. The molecule has 0 aliphatic carbocycles. The van der Waals surface area contributed by atoms with Crippen molar-refractivity contribution in [3.63, 3.8) is 0 Å². The van der Waals surface area contributed by atoms with E-state index >= 15 is 0 Å². The standard InChI is InChI=1S/C27H26FN5O2/c1-18-7-9-22(28)21(15-18)26-20(5-2-11-29-26)19-8-10-24-31-16-23(33(24)17-19)27(35)30-12-4-14-32-13-3-6-25(32)34/h2,5,7-11,15-17H,3-4,6,12-14H2,1H3,(H,30,35). The molecule has 5 rings (SSSR count). The van der Waals surface area contributed by atoms with Gasteiger partial charge >= 0.3 is 0 Å². The second-order valence-corrected chi connectivity index (χ2v) is 8.77. The molecule has 1 aliphatic heterocycles. The average molecular weight is 472 g/mol. The van der Waals surface area contributed by atoms with E-state index in [-0.39, 0.29) is 17.6 Å². The van der Waals surface area contributed by atoms with Crippen LogP contribution in [-0.2, 0) is 4.79 Å². The molecule has 1 fully saturated rings. The molecule has 35 heavy (non-hydrogen) atoms. The predicted octanol–water partition coefficient (Wildman–Crippen LogP) is 4.25. The normalized spacial score (nSPS) is 13.5. The Morgan fingerprint density at radius 2 is 2.03 bits per heavy atom. The first-order chi connectivity index (χ1) is 17.0. The second kappa shape index (κ2) is 9.66. The van der Waals surface area contributed by atoms with E-state index in [0.717, 1.165) is 29.7 Å². The first kappa shape index (κ1) is 22.7. The number of nitrogens with one attached hydrogen (secondary N) is 1. The van der Waals surface area contributed by atoms with Crippen molar-refractivity contribution in [2.45, 2.75) is 26.2 Å². The monoisotopic (exact) mass is 471 g/mol. The lowest BCUT2D eigenvalue weighted by atomic mass is 9.99. The topological polar surface area (TPSA) is 79.6 Å². The number of aromatic nitrogens is 3.